The van der Waals surface area contributed by atoms with Gasteiger partial charge in [0.05, 0.1) is 0 Å². The fourth-order valence-corrected chi connectivity index (χ4v) is 6.65. The van der Waals surface area contributed by atoms with E-state index in [2.05, 4.69) is 132 Å². The summed E-state index contributed by atoms with van der Waals surface area (Å²) in [5.74, 6) is 3.74. The summed E-state index contributed by atoms with van der Waals surface area (Å²) in [6.07, 6.45) is 9.23. The number of rotatable bonds is 9. The van der Waals surface area contributed by atoms with Gasteiger partial charge in [0.2, 0.25) is 0 Å². The first-order chi connectivity index (χ1) is 19.9. The molecule has 2 N–H and O–H groups in total. The monoisotopic (exact) mass is 560 g/mol. The summed E-state index contributed by atoms with van der Waals surface area (Å²) in [5, 5.41) is 0. The topological polar surface area (TPSA) is 31.5 Å². The molecule has 4 aromatic carbocycles. The van der Waals surface area contributed by atoms with E-state index in [1.165, 1.54) is 71.9 Å². The van der Waals surface area contributed by atoms with E-state index in [0.29, 0.717) is 11.8 Å². The molecular weight excluding hydrogens is 508 g/mol. The third-order valence-corrected chi connectivity index (χ3v) is 9.75. The molecule has 2 fully saturated rings. The smallest absolute Gasteiger partial charge is 0.0124 e. The third-order valence-electron chi connectivity index (χ3n) is 9.75. The first-order valence-electron chi connectivity index (χ1n) is 16.2. The van der Waals surface area contributed by atoms with Gasteiger partial charge in [-0.2, -0.15) is 0 Å². The SMILES string of the molecule is CCC(Cc1cccc(C)c1)c1cccc(C2CC2C[C@H](C)c2ccc(C)cc2)c1.Cc1ccc(C2CCC2)cc1.O. The molecule has 0 radical (unpaired) electrons. The van der Waals surface area contributed by atoms with Gasteiger partial charge in [-0.15, -0.1) is 0 Å². The maximum Gasteiger partial charge on any atom is -0.0124 e. The molecule has 1 nitrogen and oxygen atoms in total. The Bertz CT molecular complexity index is 1380. The molecule has 42 heavy (non-hydrogen) atoms. The highest BCUT2D eigenvalue weighted by Crippen LogP contribution is 2.52. The lowest BCUT2D eigenvalue weighted by Gasteiger charge is -2.25. The van der Waals surface area contributed by atoms with Gasteiger partial charge >= 0.3 is 0 Å². The van der Waals surface area contributed by atoms with Crippen LogP contribution in [0.15, 0.2) is 97.1 Å². The van der Waals surface area contributed by atoms with Gasteiger partial charge in [-0.25, -0.2) is 0 Å². The highest BCUT2D eigenvalue weighted by atomic mass is 16.0. The van der Waals surface area contributed by atoms with Gasteiger partial charge in [0, 0.05) is 0 Å². The lowest BCUT2D eigenvalue weighted by atomic mass is 9.80. The molecule has 0 saturated heterocycles. The fraction of sp³-hybridized carbons (Fsp3) is 0.415. The number of benzene rings is 4. The molecule has 1 heteroatoms. The molecule has 2 aliphatic rings. The molecule has 0 spiro atoms. The van der Waals surface area contributed by atoms with Crippen LogP contribution in [0.4, 0.5) is 0 Å². The highest BCUT2D eigenvalue weighted by Gasteiger charge is 2.39. The summed E-state index contributed by atoms with van der Waals surface area (Å²) in [6.45, 7) is 11.2. The van der Waals surface area contributed by atoms with Gasteiger partial charge in [-0.1, -0.05) is 134 Å². The van der Waals surface area contributed by atoms with Crippen LogP contribution in [-0.4, -0.2) is 5.48 Å². The number of hydrogen-bond acceptors (Lipinski definition) is 0. The summed E-state index contributed by atoms with van der Waals surface area (Å²) in [4.78, 5) is 0. The Kier molecular flexibility index (Phi) is 11.2. The first-order valence-corrected chi connectivity index (χ1v) is 16.2. The van der Waals surface area contributed by atoms with Crippen LogP contribution in [0, 0.1) is 26.7 Å². The van der Waals surface area contributed by atoms with E-state index in [-0.39, 0.29) is 5.48 Å². The number of hydrogen-bond donors (Lipinski definition) is 0. The lowest BCUT2D eigenvalue weighted by molar-refractivity contribution is 0.420. The molecule has 222 valence electrons. The predicted octanol–water partition coefficient (Wildman–Crippen LogP) is 10.8. The molecule has 0 aromatic heterocycles. The Morgan fingerprint density at radius 2 is 1.36 bits per heavy atom. The lowest BCUT2D eigenvalue weighted by Crippen LogP contribution is -2.08. The second kappa shape index (κ2) is 14.8. The van der Waals surface area contributed by atoms with Crippen molar-refractivity contribution >= 4 is 0 Å². The maximum absolute atomic E-state index is 2.52. The Hall–Kier alpha value is -3.16. The zero-order valence-electron chi connectivity index (χ0n) is 26.6. The Morgan fingerprint density at radius 1 is 0.690 bits per heavy atom. The molecule has 4 aromatic rings. The van der Waals surface area contributed by atoms with Crippen molar-refractivity contribution in [2.24, 2.45) is 5.92 Å². The summed E-state index contributed by atoms with van der Waals surface area (Å²) in [5.41, 5.74) is 11.7. The Labute approximate surface area is 255 Å². The second-order valence-electron chi connectivity index (χ2n) is 13.2. The van der Waals surface area contributed by atoms with Crippen molar-refractivity contribution < 1.29 is 5.48 Å². The van der Waals surface area contributed by atoms with Crippen molar-refractivity contribution in [1.82, 2.24) is 0 Å². The van der Waals surface area contributed by atoms with Crippen LogP contribution < -0.4 is 0 Å². The standard InChI is InChI=1S/C30H36.C11H14.H2O/c1-5-25(18-24-9-6-8-22(3)16-24)27-10-7-11-28(19-27)30-20-29(30)17-23(4)26-14-12-21(2)13-15-26;1-9-5-7-11(8-6-9)10-3-2-4-10;/h6-16,19,23,25,29-30H,5,17-18,20H2,1-4H3;5-8,10H,2-4H2,1H3;1H2/t23-,25?,29?,30?;;/m0../s1. The van der Waals surface area contributed by atoms with Crippen LogP contribution >= 0.6 is 0 Å². The van der Waals surface area contributed by atoms with E-state index in [1.807, 2.05) is 0 Å². The van der Waals surface area contributed by atoms with Gasteiger partial charge in [0.15, 0.2) is 0 Å². The molecule has 3 unspecified atom stereocenters. The van der Waals surface area contributed by atoms with Crippen molar-refractivity contribution in [2.75, 3.05) is 0 Å². The van der Waals surface area contributed by atoms with Gasteiger partial charge in [-0.05, 0) is 117 Å². The van der Waals surface area contributed by atoms with E-state index in [4.69, 9.17) is 0 Å². The average Bonchev–Trinajstić information content (AvgIpc) is 3.72. The second-order valence-corrected chi connectivity index (χ2v) is 13.2. The first kappa shape index (κ1) is 31.8. The van der Waals surface area contributed by atoms with Crippen molar-refractivity contribution in [3.8, 4) is 0 Å². The van der Waals surface area contributed by atoms with Crippen LogP contribution in [0.5, 0.6) is 0 Å². The summed E-state index contributed by atoms with van der Waals surface area (Å²) < 4.78 is 0. The highest BCUT2D eigenvalue weighted by molar-refractivity contribution is 5.35. The predicted molar refractivity (Wildman–Crippen MR) is 181 cm³/mol. The van der Waals surface area contributed by atoms with Crippen molar-refractivity contribution in [3.05, 3.63) is 142 Å². The molecule has 0 aliphatic heterocycles. The largest absolute Gasteiger partial charge is 0.412 e. The van der Waals surface area contributed by atoms with Crippen LogP contribution in [0.1, 0.15) is 121 Å². The fourth-order valence-electron chi connectivity index (χ4n) is 6.65. The Balaban J connectivity index is 0.000000282. The van der Waals surface area contributed by atoms with Gasteiger partial charge < -0.3 is 5.48 Å². The van der Waals surface area contributed by atoms with Crippen LogP contribution in [0.3, 0.4) is 0 Å². The molecule has 4 atom stereocenters. The minimum Gasteiger partial charge on any atom is -0.412 e. The van der Waals surface area contributed by atoms with Gasteiger partial charge in [0.25, 0.3) is 0 Å². The molecule has 6 rings (SSSR count). The quantitative estimate of drug-likeness (QED) is 0.195. The molecule has 0 amide bonds. The molecule has 0 bridgehead atoms. The minimum atomic E-state index is 0. The zero-order valence-corrected chi connectivity index (χ0v) is 26.6. The minimum absolute atomic E-state index is 0. The van der Waals surface area contributed by atoms with E-state index < -0.39 is 0 Å². The van der Waals surface area contributed by atoms with Crippen LogP contribution in [-0.2, 0) is 6.42 Å². The molecular formula is C41H52O. The summed E-state index contributed by atoms with van der Waals surface area (Å²) in [7, 11) is 0. The van der Waals surface area contributed by atoms with Crippen LogP contribution in [0.2, 0.25) is 0 Å². The van der Waals surface area contributed by atoms with Crippen LogP contribution in [0.25, 0.3) is 0 Å². The van der Waals surface area contributed by atoms with E-state index >= 15 is 0 Å². The summed E-state index contributed by atoms with van der Waals surface area (Å²) in [6, 6.07) is 36.6. The van der Waals surface area contributed by atoms with E-state index in [1.54, 1.807) is 11.1 Å². The third kappa shape index (κ3) is 8.45. The van der Waals surface area contributed by atoms with E-state index in [0.717, 1.165) is 24.2 Å². The zero-order chi connectivity index (χ0) is 28.8. The van der Waals surface area contributed by atoms with Crippen molar-refractivity contribution in [3.63, 3.8) is 0 Å². The Morgan fingerprint density at radius 3 is 1.98 bits per heavy atom. The maximum atomic E-state index is 2.52. The van der Waals surface area contributed by atoms with Crippen molar-refractivity contribution in [1.29, 1.82) is 0 Å². The van der Waals surface area contributed by atoms with E-state index in [9.17, 15) is 0 Å². The molecule has 2 saturated carbocycles. The number of aryl methyl sites for hydroxylation is 3. The average molecular weight is 561 g/mol. The van der Waals surface area contributed by atoms with Gasteiger partial charge in [-0.3, -0.25) is 0 Å². The normalized spacial score (nSPS) is 19.0. The van der Waals surface area contributed by atoms with Gasteiger partial charge in [0.1, 0.15) is 0 Å². The molecule has 0 heterocycles. The molecule has 2 aliphatic carbocycles. The van der Waals surface area contributed by atoms with Crippen molar-refractivity contribution in [2.45, 2.75) is 103 Å². The summed E-state index contributed by atoms with van der Waals surface area (Å²) >= 11 is 0.